The molecule has 1 atom stereocenters. The first-order valence-electron chi connectivity index (χ1n) is 5.83. The van der Waals surface area contributed by atoms with Gasteiger partial charge in [-0.25, -0.2) is 0 Å². The van der Waals surface area contributed by atoms with E-state index in [1.54, 1.807) is 13.0 Å². The molecule has 1 heterocycles. The molecule has 0 saturated heterocycles. The summed E-state index contributed by atoms with van der Waals surface area (Å²) in [4.78, 5) is 12.1. The van der Waals surface area contributed by atoms with E-state index in [0.29, 0.717) is 5.69 Å². The van der Waals surface area contributed by atoms with Gasteiger partial charge in [-0.1, -0.05) is 0 Å². The van der Waals surface area contributed by atoms with Crippen molar-refractivity contribution in [2.24, 2.45) is 0 Å². The molecule has 1 aromatic heterocycles. The van der Waals surface area contributed by atoms with Gasteiger partial charge in [-0.05, 0) is 32.9 Å². The Hall–Kier alpha value is -1.80. The van der Waals surface area contributed by atoms with E-state index in [2.05, 4.69) is 11.4 Å². The zero-order chi connectivity index (χ0) is 13.8. The number of amides is 1. The molecule has 5 nitrogen and oxygen atoms in total. The van der Waals surface area contributed by atoms with E-state index in [1.165, 1.54) is 7.11 Å². The van der Waals surface area contributed by atoms with Crippen molar-refractivity contribution < 1.29 is 9.53 Å². The fraction of sp³-hybridized carbons (Fsp3) is 0.538. The highest BCUT2D eigenvalue weighted by atomic mass is 16.5. The minimum atomic E-state index is -1.02. The summed E-state index contributed by atoms with van der Waals surface area (Å²) in [5.74, 6) is -0.269. The van der Waals surface area contributed by atoms with Crippen molar-refractivity contribution in [1.82, 2.24) is 9.88 Å². The van der Waals surface area contributed by atoms with E-state index in [4.69, 9.17) is 10.00 Å². The highest BCUT2D eigenvalue weighted by Crippen LogP contribution is 2.12. The fourth-order valence-electron chi connectivity index (χ4n) is 1.74. The van der Waals surface area contributed by atoms with Crippen LogP contribution >= 0.6 is 0 Å². The third kappa shape index (κ3) is 3.11. The molecule has 0 aromatic carbocycles. The van der Waals surface area contributed by atoms with Gasteiger partial charge in [-0.15, -0.1) is 0 Å². The van der Waals surface area contributed by atoms with Crippen LogP contribution in [0.25, 0.3) is 0 Å². The van der Waals surface area contributed by atoms with Crippen molar-refractivity contribution >= 4 is 5.91 Å². The monoisotopic (exact) mass is 249 g/mol. The predicted molar refractivity (Wildman–Crippen MR) is 68.2 cm³/mol. The molecular formula is C13H19N3O2. The first kappa shape index (κ1) is 14.3. The van der Waals surface area contributed by atoms with Crippen molar-refractivity contribution in [1.29, 1.82) is 5.26 Å². The van der Waals surface area contributed by atoms with Crippen LogP contribution in [-0.2, 0) is 4.74 Å². The Kier molecular flexibility index (Phi) is 4.51. The van der Waals surface area contributed by atoms with Gasteiger partial charge in [0, 0.05) is 19.3 Å². The molecule has 0 spiro atoms. The maximum Gasteiger partial charge on any atom is 0.269 e. The largest absolute Gasteiger partial charge is 0.381 e. The molecule has 98 valence electrons. The molecule has 0 saturated carbocycles. The van der Waals surface area contributed by atoms with E-state index in [0.717, 1.165) is 0 Å². The van der Waals surface area contributed by atoms with Crippen LogP contribution in [0.3, 0.4) is 0 Å². The summed E-state index contributed by atoms with van der Waals surface area (Å²) < 4.78 is 6.81. The van der Waals surface area contributed by atoms with Crippen LogP contribution in [0.4, 0.5) is 0 Å². The number of nitrogens with zero attached hydrogens (tertiary/aromatic N) is 2. The van der Waals surface area contributed by atoms with Crippen molar-refractivity contribution in [3.05, 3.63) is 24.0 Å². The van der Waals surface area contributed by atoms with E-state index in [1.807, 2.05) is 30.7 Å². The van der Waals surface area contributed by atoms with Crippen molar-refractivity contribution in [2.75, 3.05) is 13.7 Å². The summed E-state index contributed by atoms with van der Waals surface area (Å²) in [6.07, 6.45) is 1.85. The van der Waals surface area contributed by atoms with Gasteiger partial charge in [0.25, 0.3) is 5.91 Å². The lowest BCUT2D eigenvalue weighted by atomic mass is 10.1. The number of aromatic nitrogens is 1. The van der Waals surface area contributed by atoms with Gasteiger partial charge in [0.1, 0.15) is 11.2 Å². The van der Waals surface area contributed by atoms with Gasteiger partial charge < -0.3 is 14.6 Å². The lowest BCUT2D eigenvalue weighted by Gasteiger charge is -2.23. The van der Waals surface area contributed by atoms with E-state index in [9.17, 15) is 4.79 Å². The highest BCUT2D eigenvalue weighted by molar-refractivity contribution is 5.93. The van der Waals surface area contributed by atoms with Gasteiger partial charge in [-0.3, -0.25) is 4.79 Å². The number of hydrogen-bond donors (Lipinski definition) is 1. The lowest BCUT2D eigenvalue weighted by Crippen LogP contribution is -2.48. The smallest absolute Gasteiger partial charge is 0.269 e. The standard InChI is InChI=1S/C13H19N3O2/c1-10(2)16-7-5-6-11(16)12(17)15-13(3,8-14)9-18-4/h5-7,10H,9H2,1-4H3,(H,15,17). The second-order valence-electron chi connectivity index (χ2n) is 4.73. The summed E-state index contributed by atoms with van der Waals surface area (Å²) in [6, 6.07) is 5.80. The average molecular weight is 249 g/mol. The Labute approximate surface area is 107 Å². The molecule has 0 aliphatic carbocycles. The first-order valence-corrected chi connectivity index (χ1v) is 5.83. The zero-order valence-corrected chi connectivity index (χ0v) is 11.2. The van der Waals surface area contributed by atoms with E-state index in [-0.39, 0.29) is 18.6 Å². The summed E-state index contributed by atoms with van der Waals surface area (Å²) >= 11 is 0. The topological polar surface area (TPSA) is 67.0 Å². The van der Waals surface area contributed by atoms with E-state index >= 15 is 0 Å². The number of nitrogens with one attached hydrogen (secondary N) is 1. The van der Waals surface area contributed by atoms with Gasteiger partial charge >= 0.3 is 0 Å². The van der Waals surface area contributed by atoms with Crippen LogP contribution in [0.1, 0.15) is 37.3 Å². The lowest BCUT2D eigenvalue weighted by molar-refractivity contribution is 0.0849. The molecule has 1 N–H and O–H groups in total. The van der Waals surface area contributed by atoms with Crippen LogP contribution in [-0.4, -0.2) is 29.7 Å². The molecule has 18 heavy (non-hydrogen) atoms. The Morgan fingerprint density at radius 2 is 2.33 bits per heavy atom. The number of rotatable bonds is 5. The molecule has 0 aliphatic rings. The van der Waals surface area contributed by atoms with Crippen molar-refractivity contribution in [2.45, 2.75) is 32.4 Å². The van der Waals surface area contributed by atoms with Gasteiger partial charge in [0.2, 0.25) is 0 Å². The molecule has 5 heteroatoms. The summed E-state index contributed by atoms with van der Waals surface area (Å²) in [6.45, 7) is 5.78. The van der Waals surface area contributed by atoms with Gasteiger partial charge in [0.15, 0.2) is 0 Å². The summed E-state index contributed by atoms with van der Waals surface area (Å²) in [5, 5.41) is 11.8. The third-order valence-corrected chi connectivity index (χ3v) is 2.64. The van der Waals surface area contributed by atoms with Crippen LogP contribution in [0.5, 0.6) is 0 Å². The van der Waals surface area contributed by atoms with E-state index < -0.39 is 5.54 Å². The zero-order valence-electron chi connectivity index (χ0n) is 11.2. The van der Waals surface area contributed by atoms with Crippen LogP contribution < -0.4 is 5.32 Å². The minimum Gasteiger partial charge on any atom is -0.381 e. The van der Waals surface area contributed by atoms with Gasteiger partial charge in [0.05, 0.1) is 12.7 Å². The third-order valence-electron chi connectivity index (χ3n) is 2.64. The molecule has 1 amide bonds. The number of ether oxygens (including phenoxy) is 1. The number of carbonyl (C=O) groups excluding carboxylic acids is 1. The molecule has 0 aliphatic heterocycles. The van der Waals surface area contributed by atoms with Crippen LogP contribution in [0.15, 0.2) is 18.3 Å². The van der Waals surface area contributed by atoms with Crippen molar-refractivity contribution in [3.8, 4) is 6.07 Å². The van der Waals surface area contributed by atoms with Crippen molar-refractivity contribution in [3.63, 3.8) is 0 Å². The Bertz CT molecular complexity index is 459. The summed E-state index contributed by atoms with van der Waals surface area (Å²) in [5.41, 5.74) is -0.472. The first-order chi connectivity index (χ1) is 8.43. The number of hydrogen-bond acceptors (Lipinski definition) is 3. The second-order valence-corrected chi connectivity index (χ2v) is 4.73. The van der Waals surface area contributed by atoms with Crippen LogP contribution in [0.2, 0.25) is 0 Å². The normalized spacial score (nSPS) is 14.0. The quantitative estimate of drug-likeness (QED) is 0.864. The number of methoxy groups -OCH3 is 1. The fourth-order valence-corrected chi connectivity index (χ4v) is 1.74. The Morgan fingerprint density at radius 3 is 2.83 bits per heavy atom. The molecular weight excluding hydrogens is 230 g/mol. The molecule has 0 fully saturated rings. The molecule has 1 aromatic rings. The predicted octanol–water partition coefficient (Wildman–Crippen LogP) is 1.73. The molecule has 0 radical (unpaired) electrons. The maximum absolute atomic E-state index is 12.1. The minimum absolute atomic E-state index is 0.150. The average Bonchev–Trinajstić information content (AvgIpc) is 2.78. The van der Waals surface area contributed by atoms with Crippen LogP contribution in [0, 0.1) is 11.3 Å². The SMILES string of the molecule is COCC(C)(C#N)NC(=O)c1cccn1C(C)C. The van der Waals surface area contributed by atoms with Gasteiger partial charge in [-0.2, -0.15) is 5.26 Å². The summed E-state index contributed by atoms with van der Waals surface area (Å²) in [7, 11) is 1.50. The molecule has 1 rings (SSSR count). The molecule has 0 bridgehead atoms. The number of carbonyl (C=O) groups is 1. The number of nitriles is 1. The molecule has 1 unspecified atom stereocenters. The Balaban J connectivity index is 2.89. The second kappa shape index (κ2) is 5.69. The Morgan fingerprint density at radius 1 is 1.67 bits per heavy atom. The maximum atomic E-state index is 12.1. The highest BCUT2D eigenvalue weighted by Gasteiger charge is 2.27.